The van der Waals surface area contributed by atoms with Crippen LogP contribution in [-0.2, 0) is 0 Å². The highest BCUT2D eigenvalue weighted by atomic mass is 127. The van der Waals surface area contributed by atoms with Gasteiger partial charge in [-0.05, 0) is 45.6 Å². The van der Waals surface area contributed by atoms with Gasteiger partial charge in [0.15, 0.2) is 17.5 Å². The Balaban J connectivity index is 0.00000364. The molecule has 0 saturated carbocycles. The summed E-state index contributed by atoms with van der Waals surface area (Å²) in [5, 5.41) is 6.70. The van der Waals surface area contributed by atoms with E-state index in [1.54, 1.807) is 7.05 Å². The Morgan fingerprint density at radius 2 is 1.74 bits per heavy atom. The van der Waals surface area contributed by atoms with Crippen LogP contribution in [0, 0.1) is 0 Å². The van der Waals surface area contributed by atoms with Crippen molar-refractivity contribution in [2.24, 2.45) is 4.99 Å². The molecule has 0 amide bonds. The first kappa shape index (κ1) is 23.8. The highest BCUT2D eigenvalue weighted by Crippen LogP contribution is 2.32. The van der Waals surface area contributed by atoms with Crippen molar-refractivity contribution in [2.75, 3.05) is 52.8 Å². The van der Waals surface area contributed by atoms with Crippen molar-refractivity contribution in [3.8, 4) is 11.5 Å². The van der Waals surface area contributed by atoms with E-state index in [2.05, 4.69) is 34.6 Å². The largest absolute Gasteiger partial charge is 0.490 e. The fourth-order valence-electron chi connectivity index (χ4n) is 2.85. The Labute approximate surface area is 181 Å². The smallest absolute Gasteiger partial charge is 0.195 e. The van der Waals surface area contributed by atoms with Crippen LogP contribution in [-0.4, -0.2) is 58.3 Å². The van der Waals surface area contributed by atoms with E-state index in [-0.39, 0.29) is 24.0 Å². The zero-order valence-corrected chi connectivity index (χ0v) is 19.3. The number of fused-ring (bicyclic) bond motifs is 1. The van der Waals surface area contributed by atoms with Gasteiger partial charge in [-0.2, -0.15) is 0 Å². The summed E-state index contributed by atoms with van der Waals surface area (Å²) in [5.74, 6) is 2.39. The number of ether oxygens (including phenoxy) is 2. The number of benzene rings is 1. The van der Waals surface area contributed by atoms with Crippen molar-refractivity contribution in [3.63, 3.8) is 0 Å². The molecule has 154 valence electrons. The van der Waals surface area contributed by atoms with Gasteiger partial charge in [-0.3, -0.25) is 4.99 Å². The Bertz CT molecular complexity index is 567. The van der Waals surface area contributed by atoms with Gasteiger partial charge in [-0.15, -0.1) is 24.0 Å². The van der Waals surface area contributed by atoms with Gasteiger partial charge in [0.25, 0.3) is 0 Å². The Morgan fingerprint density at radius 3 is 2.48 bits per heavy atom. The molecule has 27 heavy (non-hydrogen) atoms. The minimum Gasteiger partial charge on any atom is -0.490 e. The summed E-state index contributed by atoms with van der Waals surface area (Å²) in [5.41, 5.74) is 0.950. The molecule has 0 fully saturated rings. The molecule has 2 N–H and O–H groups in total. The van der Waals surface area contributed by atoms with Gasteiger partial charge in [0.05, 0.1) is 13.2 Å². The maximum atomic E-state index is 5.74. The van der Waals surface area contributed by atoms with Crippen molar-refractivity contribution in [3.05, 3.63) is 18.2 Å². The second-order valence-corrected chi connectivity index (χ2v) is 6.91. The molecule has 2 rings (SSSR count). The third-order valence-corrected chi connectivity index (χ3v) is 4.31. The lowest BCUT2D eigenvalue weighted by Crippen LogP contribution is -2.31. The molecule has 0 bridgehead atoms. The normalized spacial score (nSPS) is 13.7. The van der Waals surface area contributed by atoms with Crippen molar-refractivity contribution in [2.45, 2.75) is 38.5 Å². The van der Waals surface area contributed by atoms with Gasteiger partial charge < -0.3 is 25.0 Å². The Hall–Kier alpha value is -1.22. The zero-order chi connectivity index (χ0) is 18.6. The fraction of sp³-hybridized carbons (Fsp3) is 0.650. The van der Waals surface area contributed by atoms with Crippen LogP contribution in [0.3, 0.4) is 0 Å². The fourth-order valence-corrected chi connectivity index (χ4v) is 2.85. The van der Waals surface area contributed by atoms with E-state index < -0.39 is 0 Å². The first-order valence-corrected chi connectivity index (χ1v) is 9.71. The highest BCUT2D eigenvalue weighted by molar-refractivity contribution is 14.0. The molecular weight excluding hydrogens is 455 g/mol. The molecule has 1 aliphatic heterocycles. The third-order valence-electron chi connectivity index (χ3n) is 4.31. The summed E-state index contributed by atoms with van der Waals surface area (Å²) in [6.45, 7) is 3.51. The molecule has 0 aromatic heterocycles. The molecule has 0 radical (unpaired) electrons. The monoisotopic (exact) mass is 490 g/mol. The molecular formula is C20H35IN4O2. The predicted molar refractivity (Wildman–Crippen MR) is 124 cm³/mol. The summed E-state index contributed by atoms with van der Waals surface area (Å²) in [6, 6.07) is 5.91. The first-order valence-electron chi connectivity index (χ1n) is 9.71. The number of hydrogen-bond donors (Lipinski definition) is 2. The van der Waals surface area contributed by atoms with Gasteiger partial charge in [-0.25, -0.2) is 0 Å². The molecule has 6 nitrogen and oxygen atoms in total. The van der Waals surface area contributed by atoms with Crippen LogP contribution in [0.2, 0.25) is 0 Å². The minimum atomic E-state index is 0. The number of anilines is 1. The van der Waals surface area contributed by atoms with Gasteiger partial charge in [-0.1, -0.05) is 19.3 Å². The summed E-state index contributed by atoms with van der Waals surface area (Å²) in [4.78, 5) is 6.54. The van der Waals surface area contributed by atoms with E-state index in [1.807, 2.05) is 18.2 Å². The topological polar surface area (TPSA) is 58.1 Å². The predicted octanol–water partition coefficient (Wildman–Crippen LogP) is 3.97. The van der Waals surface area contributed by atoms with Gasteiger partial charge in [0, 0.05) is 31.8 Å². The number of aliphatic imine (C=N–C) groups is 1. The molecule has 1 aliphatic rings. The summed E-state index contributed by atoms with van der Waals surface area (Å²) in [7, 11) is 6.05. The summed E-state index contributed by atoms with van der Waals surface area (Å²) >= 11 is 0. The maximum absolute atomic E-state index is 5.74. The van der Waals surface area contributed by atoms with Crippen LogP contribution in [0.4, 0.5) is 5.69 Å². The lowest BCUT2D eigenvalue weighted by molar-refractivity contribution is 0.297. The molecule has 1 heterocycles. The van der Waals surface area contributed by atoms with E-state index in [0.29, 0.717) is 13.2 Å². The number of halogens is 1. The SMILES string of the molecule is CN=C(NCCCCCCCN(C)C)Nc1ccc2c(c1)OCCCO2.I. The van der Waals surface area contributed by atoms with Crippen molar-refractivity contribution in [1.82, 2.24) is 10.2 Å². The number of nitrogens with zero attached hydrogens (tertiary/aromatic N) is 2. The molecule has 0 spiro atoms. The van der Waals surface area contributed by atoms with Crippen LogP contribution in [0.1, 0.15) is 38.5 Å². The van der Waals surface area contributed by atoms with E-state index >= 15 is 0 Å². The third kappa shape index (κ3) is 9.51. The maximum Gasteiger partial charge on any atom is 0.195 e. The molecule has 1 aromatic carbocycles. The van der Waals surface area contributed by atoms with Gasteiger partial charge in [0.1, 0.15) is 0 Å². The van der Waals surface area contributed by atoms with Crippen LogP contribution in [0.25, 0.3) is 0 Å². The lowest BCUT2D eigenvalue weighted by atomic mass is 10.1. The Morgan fingerprint density at radius 1 is 1.04 bits per heavy atom. The minimum absolute atomic E-state index is 0. The molecule has 7 heteroatoms. The van der Waals surface area contributed by atoms with Gasteiger partial charge >= 0.3 is 0 Å². The first-order chi connectivity index (χ1) is 12.7. The van der Waals surface area contributed by atoms with Crippen molar-refractivity contribution >= 4 is 35.6 Å². The second-order valence-electron chi connectivity index (χ2n) is 6.91. The van der Waals surface area contributed by atoms with E-state index in [0.717, 1.165) is 42.5 Å². The molecule has 0 atom stereocenters. The van der Waals surface area contributed by atoms with Crippen LogP contribution in [0.5, 0.6) is 11.5 Å². The van der Waals surface area contributed by atoms with Crippen LogP contribution in [0.15, 0.2) is 23.2 Å². The summed E-state index contributed by atoms with van der Waals surface area (Å²) in [6.07, 6.45) is 7.21. The standard InChI is InChI=1S/C20H34N4O2.HI/c1-21-20(22-12-7-5-4-6-8-13-24(2)3)23-17-10-11-18-19(16-17)26-15-9-14-25-18;/h10-11,16H,4-9,12-15H2,1-3H3,(H2,21,22,23);1H. The Kier molecular flexibility index (Phi) is 12.2. The number of guanidine groups is 1. The zero-order valence-electron chi connectivity index (χ0n) is 16.9. The summed E-state index contributed by atoms with van der Waals surface area (Å²) < 4.78 is 11.4. The highest BCUT2D eigenvalue weighted by Gasteiger charge is 2.11. The number of hydrogen-bond acceptors (Lipinski definition) is 4. The molecule has 0 saturated heterocycles. The van der Waals surface area contributed by atoms with Crippen molar-refractivity contribution in [1.29, 1.82) is 0 Å². The van der Waals surface area contributed by atoms with E-state index in [1.165, 1.54) is 32.2 Å². The molecule has 1 aromatic rings. The number of nitrogens with one attached hydrogen (secondary N) is 2. The molecule has 0 aliphatic carbocycles. The van der Waals surface area contributed by atoms with E-state index in [9.17, 15) is 0 Å². The quantitative estimate of drug-likeness (QED) is 0.238. The lowest BCUT2D eigenvalue weighted by Gasteiger charge is -2.14. The average molecular weight is 490 g/mol. The number of unbranched alkanes of at least 4 members (excludes halogenated alkanes) is 4. The van der Waals surface area contributed by atoms with Crippen LogP contribution < -0.4 is 20.1 Å². The average Bonchev–Trinajstić information content (AvgIpc) is 2.87. The van der Waals surface area contributed by atoms with Crippen LogP contribution >= 0.6 is 24.0 Å². The van der Waals surface area contributed by atoms with Gasteiger partial charge in [0.2, 0.25) is 0 Å². The van der Waals surface area contributed by atoms with Crippen molar-refractivity contribution < 1.29 is 9.47 Å². The number of rotatable bonds is 9. The van der Waals surface area contributed by atoms with E-state index in [4.69, 9.17) is 9.47 Å². The second kappa shape index (κ2) is 13.9. The molecule has 0 unspecified atom stereocenters.